The van der Waals surface area contributed by atoms with Gasteiger partial charge in [-0.2, -0.15) is 0 Å². The molecule has 0 amide bonds. The molecule has 0 bridgehead atoms. The minimum Gasteiger partial charge on any atom is -1.00 e. The van der Waals surface area contributed by atoms with Crippen molar-refractivity contribution < 1.29 is 49.5 Å². The predicted molar refractivity (Wildman–Crippen MR) is 89.5 cm³/mol. The zero-order valence-electron chi connectivity index (χ0n) is 16.3. The summed E-state index contributed by atoms with van der Waals surface area (Å²) in [4.78, 5) is 9.77. The number of hydrogen-bond donors (Lipinski definition) is 1. The summed E-state index contributed by atoms with van der Waals surface area (Å²) in [7, 11) is -3.89. The third-order valence-electron chi connectivity index (χ3n) is 4.03. The van der Waals surface area contributed by atoms with Gasteiger partial charge in [0.15, 0.2) is 0 Å². The first-order valence-corrected chi connectivity index (χ1v) is 10.1. The van der Waals surface area contributed by atoms with E-state index in [1.165, 1.54) is 0 Å². The molecule has 0 aliphatic carbocycles. The Morgan fingerprint density at radius 3 is 1.55 bits per heavy atom. The van der Waals surface area contributed by atoms with Gasteiger partial charge in [-0.15, -0.1) is 0 Å². The Kier molecular flexibility index (Phi) is 18.0. The second-order valence-electron chi connectivity index (χ2n) is 5.89. The third kappa shape index (κ3) is 13.5. The molecule has 2 atom stereocenters. The van der Waals surface area contributed by atoms with Crippen LogP contribution < -0.4 is 29.6 Å². The van der Waals surface area contributed by atoms with E-state index in [1.807, 2.05) is 0 Å². The van der Waals surface area contributed by atoms with E-state index in [0.717, 1.165) is 51.4 Å². The van der Waals surface area contributed by atoms with E-state index in [-0.39, 0.29) is 31.0 Å². The predicted octanol–water partition coefficient (Wildman–Crippen LogP) is 2.67. The van der Waals surface area contributed by atoms with Crippen LogP contribution in [0.4, 0.5) is 0 Å². The van der Waals surface area contributed by atoms with Crippen LogP contribution in [0.1, 0.15) is 80.5 Å². The molecular weight excluding hydrogens is 310 g/mol. The van der Waals surface area contributed by atoms with Crippen LogP contribution in [0.2, 0.25) is 0 Å². The van der Waals surface area contributed by atoms with Crippen LogP contribution in [0, 0.1) is 11.8 Å². The van der Waals surface area contributed by atoms with Gasteiger partial charge in [-0.3, -0.25) is 9.05 Å². The summed E-state index contributed by atoms with van der Waals surface area (Å²) in [6.07, 6.45) is 8.56. The minimum absolute atomic E-state index is 0. The number of phosphoric acid groups is 1. The maximum atomic E-state index is 11.9. The van der Waals surface area contributed by atoms with Crippen molar-refractivity contribution in [1.82, 2.24) is 0 Å². The third-order valence-corrected chi connectivity index (χ3v) is 4.98. The molecule has 0 fully saturated rings. The van der Waals surface area contributed by atoms with E-state index in [1.54, 1.807) is 0 Å². The standard InChI is InChI=1S/C16H35O4P.Na.H/c1-5-9-11-15(7-3)13-19-21(17,18)20-14-16(8-4)12-10-6-2;;/h15-16H,5-14H2,1-4H3,(H,17,18);;/q;+1;-1. The first-order valence-electron chi connectivity index (χ1n) is 8.60. The van der Waals surface area contributed by atoms with Gasteiger partial charge in [0.05, 0.1) is 13.2 Å². The summed E-state index contributed by atoms with van der Waals surface area (Å²) >= 11 is 0. The van der Waals surface area contributed by atoms with Crippen LogP contribution in [0.25, 0.3) is 0 Å². The number of rotatable bonds is 14. The van der Waals surface area contributed by atoms with E-state index in [2.05, 4.69) is 27.7 Å². The van der Waals surface area contributed by atoms with Gasteiger partial charge in [-0.25, -0.2) is 4.57 Å². The van der Waals surface area contributed by atoms with Crippen molar-refractivity contribution >= 4 is 7.82 Å². The Bertz CT molecular complexity index is 271. The van der Waals surface area contributed by atoms with E-state index in [4.69, 9.17) is 9.05 Å². The molecule has 4 nitrogen and oxygen atoms in total. The van der Waals surface area contributed by atoms with Crippen molar-refractivity contribution in [1.29, 1.82) is 0 Å². The molecule has 0 rings (SSSR count). The molecule has 2 unspecified atom stereocenters. The molecule has 6 heteroatoms. The summed E-state index contributed by atoms with van der Waals surface area (Å²) in [6, 6.07) is 0. The Morgan fingerprint density at radius 2 is 1.27 bits per heavy atom. The first kappa shape index (κ1) is 25.4. The molecule has 0 aliphatic heterocycles. The van der Waals surface area contributed by atoms with Crippen LogP contribution >= 0.6 is 7.82 Å². The van der Waals surface area contributed by atoms with Crippen molar-refractivity contribution in [2.45, 2.75) is 79.1 Å². The maximum absolute atomic E-state index is 11.9. The molecule has 0 aromatic rings. The molecular formula is C16H36NaO4P. The average Bonchev–Trinajstić information content (AvgIpc) is 2.47. The van der Waals surface area contributed by atoms with Crippen molar-refractivity contribution in [3.8, 4) is 0 Å². The van der Waals surface area contributed by atoms with E-state index < -0.39 is 7.82 Å². The monoisotopic (exact) mass is 346 g/mol. The Labute approximate surface area is 161 Å². The minimum atomic E-state index is -3.89. The number of phosphoric ester groups is 1. The number of unbranched alkanes of at least 4 members (excludes halogenated alkanes) is 2. The van der Waals surface area contributed by atoms with Crippen molar-refractivity contribution in [3.63, 3.8) is 0 Å². The fourth-order valence-corrected chi connectivity index (χ4v) is 3.11. The van der Waals surface area contributed by atoms with Gasteiger partial charge in [0.2, 0.25) is 0 Å². The Balaban J connectivity index is -0.00000200. The van der Waals surface area contributed by atoms with Gasteiger partial charge < -0.3 is 6.32 Å². The zero-order chi connectivity index (χ0) is 16.1. The fourth-order valence-electron chi connectivity index (χ4n) is 2.23. The Morgan fingerprint density at radius 1 is 0.909 bits per heavy atom. The summed E-state index contributed by atoms with van der Waals surface area (Å²) in [5, 5.41) is 0. The summed E-state index contributed by atoms with van der Waals surface area (Å²) in [5.41, 5.74) is 0. The molecule has 0 aromatic carbocycles. The summed E-state index contributed by atoms with van der Waals surface area (Å²) in [5.74, 6) is 0.687. The van der Waals surface area contributed by atoms with Crippen LogP contribution in [0.3, 0.4) is 0 Å². The van der Waals surface area contributed by atoms with Gasteiger partial charge in [-0.05, 0) is 24.7 Å². The smallest absolute Gasteiger partial charge is 1.00 e. The van der Waals surface area contributed by atoms with Crippen LogP contribution in [0.5, 0.6) is 0 Å². The van der Waals surface area contributed by atoms with E-state index in [9.17, 15) is 9.46 Å². The molecule has 1 N–H and O–H groups in total. The quantitative estimate of drug-likeness (QED) is 0.388. The summed E-state index contributed by atoms with van der Waals surface area (Å²) in [6.45, 7) is 9.10. The normalized spacial score (nSPS) is 16.6. The molecule has 0 heterocycles. The van der Waals surface area contributed by atoms with Gasteiger partial charge in [0.1, 0.15) is 0 Å². The van der Waals surface area contributed by atoms with Crippen molar-refractivity contribution in [3.05, 3.63) is 0 Å². The largest absolute Gasteiger partial charge is 1.00 e. The Hall–Kier alpha value is 1.11. The fraction of sp³-hybridized carbons (Fsp3) is 1.00. The first-order chi connectivity index (χ1) is 9.99. The molecule has 0 saturated heterocycles. The van der Waals surface area contributed by atoms with Crippen LogP contribution in [-0.2, 0) is 13.6 Å². The molecule has 130 valence electrons. The van der Waals surface area contributed by atoms with Crippen molar-refractivity contribution in [2.75, 3.05) is 13.2 Å². The van der Waals surface area contributed by atoms with E-state index >= 15 is 0 Å². The molecule has 0 aromatic heterocycles. The zero-order valence-corrected chi connectivity index (χ0v) is 18.2. The summed E-state index contributed by atoms with van der Waals surface area (Å²) < 4.78 is 22.2. The second-order valence-corrected chi connectivity index (χ2v) is 7.35. The average molecular weight is 346 g/mol. The van der Waals surface area contributed by atoms with Gasteiger partial charge in [0.25, 0.3) is 0 Å². The van der Waals surface area contributed by atoms with Crippen LogP contribution in [0.15, 0.2) is 0 Å². The molecule has 0 saturated carbocycles. The van der Waals surface area contributed by atoms with Gasteiger partial charge in [0, 0.05) is 0 Å². The maximum Gasteiger partial charge on any atom is 1.00 e. The second kappa shape index (κ2) is 15.6. The molecule has 0 spiro atoms. The molecule has 22 heavy (non-hydrogen) atoms. The SMILES string of the molecule is CCCCC(CC)COP(=O)(O)OCC(CC)CCCC.[H-].[Na+]. The van der Waals surface area contributed by atoms with Crippen LogP contribution in [-0.4, -0.2) is 18.1 Å². The molecule has 0 aliphatic rings. The molecule has 0 radical (unpaired) electrons. The van der Waals surface area contributed by atoms with Gasteiger partial charge >= 0.3 is 37.4 Å². The topological polar surface area (TPSA) is 55.8 Å². The number of hydrogen-bond acceptors (Lipinski definition) is 3. The van der Waals surface area contributed by atoms with Crippen molar-refractivity contribution in [2.24, 2.45) is 11.8 Å². The van der Waals surface area contributed by atoms with Gasteiger partial charge in [-0.1, -0.05) is 66.2 Å². The van der Waals surface area contributed by atoms with E-state index in [0.29, 0.717) is 25.0 Å².